The molecule has 0 saturated carbocycles. The molecule has 0 aliphatic heterocycles. The summed E-state index contributed by atoms with van der Waals surface area (Å²) in [6, 6.07) is 16.4. The van der Waals surface area contributed by atoms with E-state index >= 15 is 0 Å². The van der Waals surface area contributed by atoms with E-state index in [2.05, 4.69) is 48.3 Å². The second-order valence-electron chi connectivity index (χ2n) is 4.54. The molecule has 0 aliphatic rings. The third-order valence-corrected chi connectivity index (χ3v) is 3.38. The van der Waals surface area contributed by atoms with Gasteiger partial charge in [0.05, 0.1) is 12.8 Å². The molecular weight excluding hydrogens is 248 g/mol. The minimum atomic E-state index is 0.848. The maximum absolute atomic E-state index is 5.34. The van der Waals surface area contributed by atoms with Crippen LogP contribution in [0.5, 0.6) is 5.75 Å². The highest BCUT2D eigenvalue weighted by Crippen LogP contribution is 2.27. The van der Waals surface area contributed by atoms with Gasteiger partial charge in [-0.25, -0.2) is 0 Å². The lowest BCUT2D eigenvalue weighted by Gasteiger charge is -2.21. The van der Waals surface area contributed by atoms with Crippen molar-refractivity contribution in [1.82, 2.24) is 0 Å². The smallest absolute Gasteiger partial charge is 0.142 e. The number of para-hydroxylation sites is 2. The van der Waals surface area contributed by atoms with Crippen LogP contribution in [0.4, 0.5) is 17.1 Å². The summed E-state index contributed by atoms with van der Waals surface area (Å²) in [5, 5.41) is 3.38. The topological polar surface area (TPSA) is 24.5 Å². The van der Waals surface area contributed by atoms with Crippen LogP contribution in [0.3, 0.4) is 0 Å². The van der Waals surface area contributed by atoms with Crippen molar-refractivity contribution < 1.29 is 4.74 Å². The van der Waals surface area contributed by atoms with Gasteiger partial charge in [-0.3, -0.25) is 0 Å². The first-order valence-electron chi connectivity index (χ1n) is 7.03. The van der Waals surface area contributed by atoms with Crippen molar-refractivity contribution in [3.8, 4) is 5.75 Å². The predicted molar refractivity (Wildman–Crippen MR) is 86.3 cm³/mol. The second kappa shape index (κ2) is 6.85. The molecule has 0 spiro atoms. The number of ether oxygens (including phenoxy) is 1. The maximum atomic E-state index is 5.34. The summed E-state index contributed by atoms with van der Waals surface area (Å²) in [7, 11) is 1.68. The molecule has 0 fully saturated rings. The molecule has 0 atom stereocenters. The van der Waals surface area contributed by atoms with E-state index < -0.39 is 0 Å². The van der Waals surface area contributed by atoms with Gasteiger partial charge in [-0.15, -0.1) is 0 Å². The Morgan fingerprint density at radius 2 is 1.60 bits per heavy atom. The van der Waals surface area contributed by atoms with E-state index in [1.807, 2.05) is 24.3 Å². The number of benzene rings is 2. The lowest BCUT2D eigenvalue weighted by molar-refractivity contribution is 0.417. The lowest BCUT2D eigenvalue weighted by Crippen LogP contribution is -2.21. The van der Waals surface area contributed by atoms with E-state index in [0.29, 0.717) is 0 Å². The van der Waals surface area contributed by atoms with Crippen LogP contribution < -0.4 is 15.0 Å². The number of hydrogen-bond acceptors (Lipinski definition) is 3. The maximum Gasteiger partial charge on any atom is 0.142 e. The number of hydrogen-bond donors (Lipinski definition) is 1. The van der Waals surface area contributed by atoms with Crippen molar-refractivity contribution in [2.75, 3.05) is 30.4 Å². The Labute approximate surface area is 121 Å². The van der Waals surface area contributed by atoms with Crippen LogP contribution in [-0.4, -0.2) is 20.2 Å². The van der Waals surface area contributed by atoms with E-state index in [0.717, 1.165) is 30.2 Å². The molecule has 20 heavy (non-hydrogen) atoms. The molecule has 106 valence electrons. The first-order valence-corrected chi connectivity index (χ1v) is 7.03. The normalized spacial score (nSPS) is 10.2. The van der Waals surface area contributed by atoms with Crippen molar-refractivity contribution in [1.29, 1.82) is 0 Å². The van der Waals surface area contributed by atoms with Crippen LogP contribution in [0.1, 0.15) is 13.8 Å². The van der Waals surface area contributed by atoms with Gasteiger partial charge >= 0.3 is 0 Å². The van der Waals surface area contributed by atoms with Crippen LogP contribution >= 0.6 is 0 Å². The van der Waals surface area contributed by atoms with Crippen molar-refractivity contribution in [3.63, 3.8) is 0 Å². The Morgan fingerprint density at radius 3 is 2.20 bits per heavy atom. The largest absolute Gasteiger partial charge is 0.495 e. The quantitative estimate of drug-likeness (QED) is 0.847. The Bertz CT molecular complexity index is 533. The van der Waals surface area contributed by atoms with Gasteiger partial charge in [0.1, 0.15) is 5.75 Å². The average molecular weight is 270 g/mol. The Morgan fingerprint density at radius 1 is 0.950 bits per heavy atom. The summed E-state index contributed by atoms with van der Waals surface area (Å²) in [6.07, 6.45) is 0. The van der Waals surface area contributed by atoms with Gasteiger partial charge in [-0.05, 0) is 50.2 Å². The molecule has 0 amide bonds. The molecule has 2 rings (SSSR count). The highest BCUT2D eigenvalue weighted by molar-refractivity contribution is 5.67. The van der Waals surface area contributed by atoms with E-state index in [9.17, 15) is 0 Å². The zero-order chi connectivity index (χ0) is 14.4. The molecule has 2 aromatic carbocycles. The fraction of sp³-hybridized carbons (Fsp3) is 0.294. The summed E-state index contributed by atoms with van der Waals surface area (Å²) in [5.41, 5.74) is 3.29. The zero-order valence-corrected chi connectivity index (χ0v) is 12.4. The zero-order valence-electron chi connectivity index (χ0n) is 12.4. The standard InChI is InChI=1S/C17H22N2O/c1-4-19(5-2)15-12-10-14(11-13-15)18-16-8-6-7-9-17(16)20-3/h6-13,18H,4-5H2,1-3H3. The van der Waals surface area contributed by atoms with Gasteiger partial charge in [0.2, 0.25) is 0 Å². The molecule has 2 aromatic rings. The van der Waals surface area contributed by atoms with E-state index in [-0.39, 0.29) is 0 Å². The Kier molecular flexibility index (Phi) is 4.88. The first kappa shape index (κ1) is 14.3. The number of nitrogens with zero attached hydrogens (tertiary/aromatic N) is 1. The molecule has 0 bridgehead atoms. The highest BCUT2D eigenvalue weighted by atomic mass is 16.5. The molecule has 0 aliphatic carbocycles. The molecule has 3 heteroatoms. The molecule has 0 radical (unpaired) electrons. The predicted octanol–water partition coefficient (Wildman–Crippen LogP) is 4.29. The van der Waals surface area contributed by atoms with Gasteiger partial charge in [0.15, 0.2) is 0 Å². The Hall–Kier alpha value is -2.16. The summed E-state index contributed by atoms with van der Waals surface area (Å²) in [6.45, 7) is 6.39. The van der Waals surface area contributed by atoms with Gasteiger partial charge in [0.25, 0.3) is 0 Å². The van der Waals surface area contributed by atoms with Crippen LogP contribution in [0, 0.1) is 0 Å². The summed E-state index contributed by atoms with van der Waals surface area (Å²) in [5.74, 6) is 0.848. The molecule has 0 saturated heterocycles. The van der Waals surface area contributed by atoms with E-state index in [1.54, 1.807) is 7.11 Å². The van der Waals surface area contributed by atoms with Crippen LogP contribution in [0.2, 0.25) is 0 Å². The van der Waals surface area contributed by atoms with E-state index in [4.69, 9.17) is 4.74 Å². The highest BCUT2D eigenvalue weighted by Gasteiger charge is 2.04. The summed E-state index contributed by atoms with van der Waals surface area (Å²) in [4.78, 5) is 2.33. The average Bonchev–Trinajstić information content (AvgIpc) is 2.51. The fourth-order valence-electron chi connectivity index (χ4n) is 2.25. The van der Waals surface area contributed by atoms with Crippen LogP contribution in [0.25, 0.3) is 0 Å². The third-order valence-electron chi connectivity index (χ3n) is 3.38. The molecular formula is C17H22N2O. The molecule has 1 N–H and O–H groups in total. The number of rotatable bonds is 6. The van der Waals surface area contributed by atoms with Crippen molar-refractivity contribution >= 4 is 17.1 Å². The van der Waals surface area contributed by atoms with Gasteiger partial charge in [-0.2, -0.15) is 0 Å². The van der Waals surface area contributed by atoms with Gasteiger partial charge < -0.3 is 15.0 Å². The molecule has 0 unspecified atom stereocenters. The summed E-state index contributed by atoms with van der Waals surface area (Å²) >= 11 is 0. The second-order valence-corrected chi connectivity index (χ2v) is 4.54. The van der Waals surface area contributed by atoms with Crippen molar-refractivity contribution in [2.45, 2.75) is 13.8 Å². The molecule has 0 aromatic heterocycles. The third kappa shape index (κ3) is 3.23. The number of nitrogens with one attached hydrogen (secondary N) is 1. The Balaban J connectivity index is 2.14. The van der Waals surface area contributed by atoms with Gasteiger partial charge in [0, 0.05) is 24.5 Å². The minimum Gasteiger partial charge on any atom is -0.495 e. The van der Waals surface area contributed by atoms with Crippen molar-refractivity contribution in [3.05, 3.63) is 48.5 Å². The van der Waals surface area contributed by atoms with Crippen LogP contribution in [0.15, 0.2) is 48.5 Å². The van der Waals surface area contributed by atoms with Gasteiger partial charge in [-0.1, -0.05) is 12.1 Å². The molecule has 0 heterocycles. The monoisotopic (exact) mass is 270 g/mol. The van der Waals surface area contributed by atoms with E-state index in [1.165, 1.54) is 5.69 Å². The minimum absolute atomic E-state index is 0.848. The lowest BCUT2D eigenvalue weighted by atomic mass is 10.2. The molecule has 3 nitrogen and oxygen atoms in total. The fourth-order valence-corrected chi connectivity index (χ4v) is 2.25. The summed E-state index contributed by atoms with van der Waals surface area (Å²) < 4.78 is 5.34. The van der Waals surface area contributed by atoms with Crippen molar-refractivity contribution in [2.24, 2.45) is 0 Å². The number of anilines is 3. The van der Waals surface area contributed by atoms with Crippen LogP contribution in [-0.2, 0) is 0 Å². The SMILES string of the molecule is CCN(CC)c1ccc(Nc2ccccc2OC)cc1. The first-order chi connectivity index (χ1) is 9.78. The number of methoxy groups -OCH3 is 1.